The Balaban J connectivity index is 2.07. The predicted octanol–water partition coefficient (Wildman–Crippen LogP) is 2.25. The molecule has 1 heterocycles. The van der Waals surface area contributed by atoms with Gasteiger partial charge >= 0.3 is 6.09 Å². The number of aromatic nitrogens is 1. The summed E-state index contributed by atoms with van der Waals surface area (Å²) in [6, 6.07) is 12.6. The molecule has 0 aliphatic rings. The lowest BCUT2D eigenvalue weighted by Gasteiger charge is -2.12. The molecule has 0 radical (unpaired) electrons. The highest BCUT2D eigenvalue weighted by Gasteiger charge is 2.24. The number of benzene rings is 2. The minimum absolute atomic E-state index is 0.0436. The van der Waals surface area contributed by atoms with Crippen LogP contribution in [0.1, 0.15) is 5.56 Å². The van der Waals surface area contributed by atoms with Crippen LogP contribution in [0.15, 0.2) is 65.7 Å². The van der Waals surface area contributed by atoms with Crippen LogP contribution in [0.25, 0.3) is 11.3 Å². The number of carbonyl (C=O) groups is 2. The number of alkyl carbamates (subject to hydrolysis) is 1. The lowest BCUT2D eigenvalue weighted by atomic mass is 10.1. The summed E-state index contributed by atoms with van der Waals surface area (Å²) in [4.78, 5) is 22.2. The van der Waals surface area contributed by atoms with Gasteiger partial charge in [0.15, 0.2) is 6.61 Å². The summed E-state index contributed by atoms with van der Waals surface area (Å²) < 4.78 is 52.4. The van der Waals surface area contributed by atoms with Gasteiger partial charge in [0, 0.05) is 30.4 Å². The molecule has 32 heavy (non-hydrogen) atoms. The van der Waals surface area contributed by atoms with Gasteiger partial charge in [-0.3, -0.25) is 4.79 Å². The minimum Gasteiger partial charge on any atom is -0.484 e. The number of nitrogens with two attached hydrogens (primary N) is 1. The standard InChI is InChI=1S/C21H20FN3O6S/c1-24-21(27)31-12-14-9-19(17-7-2-3-8-18(17)22)25(11-14)32(28,29)16-6-4-5-15(10-16)30-13-20(23)26/h2-11H,12-13H2,1H3,(H2,23,26)(H,24,27). The first-order valence-corrected chi connectivity index (χ1v) is 10.7. The number of nitrogens with zero attached hydrogens (tertiary/aromatic N) is 1. The van der Waals surface area contributed by atoms with Gasteiger partial charge in [-0.15, -0.1) is 0 Å². The van der Waals surface area contributed by atoms with E-state index in [-0.39, 0.29) is 28.5 Å². The largest absolute Gasteiger partial charge is 0.484 e. The molecule has 3 aromatic rings. The second-order valence-corrected chi connectivity index (χ2v) is 8.39. The van der Waals surface area contributed by atoms with Gasteiger partial charge in [0.05, 0.1) is 10.6 Å². The van der Waals surface area contributed by atoms with Crippen LogP contribution in [0.3, 0.4) is 0 Å². The van der Waals surface area contributed by atoms with E-state index in [4.69, 9.17) is 15.2 Å². The van der Waals surface area contributed by atoms with Crippen LogP contribution in [-0.4, -0.2) is 38.0 Å². The molecule has 0 unspecified atom stereocenters. The van der Waals surface area contributed by atoms with Gasteiger partial charge in [-0.25, -0.2) is 21.6 Å². The molecule has 168 valence electrons. The number of nitrogens with one attached hydrogen (secondary N) is 1. The summed E-state index contributed by atoms with van der Waals surface area (Å²) in [5, 5.41) is 2.29. The first-order valence-electron chi connectivity index (χ1n) is 9.30. The molecule has 11 heteroatoms. The molecule has 0 atom stereocenters. The van der Waals surface area contributed by atoms with Crippen molar-refractivity contribution in [1.29, 1.82) is 0 Å². The normalized spacial score (nSPS) is 11.1. The van der Waals surface area contributed by atoms with Crippen LogP contribution in [-0.2, 0) is 26.2 Å². The van der Waals surface area contributed by atoms with E-state index >= 15 is 0 Å². The Morgan fingerprint density at radius 1 is 1.12 bits per heavy atom. The second kappa shape index (κ2) is 9.52. The number of rotatable bonds is 8. The molecule has 9 nitrogen and oxygen atoms in total. The van der Waals surface area contributed by atoms with E-state index in [0.717, 1.165) is 3.97 Å². The zero-order valence-electron chi connectivity index (χ0n) is 16.9. The maximum absolute atomic E-state index is 14.5. The van der Waals surface area contributed by atoms with Crippen LogP contribution in [0, 0.1) is 5.82 Å². The number of carbonyl (C=O) groups excluding carboxylic acids is 2. The SMILES string of the molecule is CNC(=O)OCc1cc(-c2ccccc2F)n(S(=O)(=O)c2cccc(OCC(N)=O)c2)c1. The number of hydrogen-bond donors (Lipinski definition) is 2. The van der Waals surface area contributed by atoms with E-state index < -0.39 is 34.4 Å². The lowest BCUT2D eigenvalue weighted by molar-refractivity contribution is -0.119. The summed E-state index contributed by atoms with van der Waals surface area (Å²) in [5.74, 6) is -1.22. The Bertz CT molecular complexity index is 1260. The number of ether oxygens (including phenoxy) is 2. The number of halogens is 1. The lowest BCUT2D eigenvalue weighted by Crippen LogP contribution is -2.20. The minimum atomic E-state index is -4.22. The Kier molecular flexibility index (Phi) is 6.79. The molecule has 0 saturated carbocycles. The van der Waals surface area contributed by atoms with Gasteiger partial charge in [0.1, 0.15) is 18.2 Å². The summed E-state index contributed by atoms with van der Waals surface area (Å²) in [6.07, 6.45) is 0.545. The highest BCUT2D eigenvalue weighted by atomic mass is 32.2. The van der Waals surface area contributed by atoms with Crippen molar-refractivity contribution in [3.63, 3.8) is 0 Å². The van der Waals surface area contributed by atoms with Gasteiger partial charge in [-0.05, 0) is 30.3 Å². The average Bonchev–Trinajstić information content (AvgIpc) is 3.21. The van der Waals surface area contributed by atoms with Gasteiger partial charge in [-0.1, -0.05) is 18.2 Å². The zero-order chi connectivity index (χ0) is 23.3. The Morgan fingerprint density at radius 3 is 2.56 bits per heavy atom. The van der Waals surface area contributed by atoms with E-state index in [2.05, 4.69) is 5.32 Å². The first-order chi connectivity index (χ1) is 15.2. The fourth-order valence-corrected chi connectivity index (χ4v) is 4.28. The summed E-state index contributed by atoms with van der Waals surface area (Å²) in [6.45, 7) is -0.653. The Morgan fingerprint density at radius 2 is 1.88 bits per heavy atom. The maximum Gasteiger partial charge on any atom is 0.407 e. The van der Waals surface area contributed by atoms with Crippen molar-refractivity contribution >= 4 is 22.0 Å². The molecule has 0 aliphatic carbocycles. The fraction of sp³-hybridized carbons (Fsp3) is 0.143. The third kappa shape index (κ3) is 5.06. The fourth-order valence-electron chi connectivity index (χ4n) is 2.85. The highest BCUT2D eigenvalue weighted by molar-refractivity contribution is 7.90. The molecular weight excluding hydrogens is 441 g/mol. The smallest absolute Gasteiger partial charge is 0.407 e. The van der Waals surface area contributed by atoms with E-state index in [1.807, 2.05) is 0 Å². The van der Waals surface area contributed by atoms with E-state index in [1.165, 1.54) is 61.8 Å². The second-order valence-electron chi connectivity index (χ2n) is 6.57. The molecular formula is C21H20FN3O6S. The van der Waals surface area contributed by atoms with Crippen molar-refractivity contribution in [2.45, 2.75) is 11.5 Å². The monoisotopic (exact) mass is 461 g/mol. The van der Waals surface area contributed by atoms with E-state index in [0.29, 0.717) is 5.56 Å². The predicted molar refractivity (Wildman–Crippen MR) is 113 cm³/mol. The average molecular weight is 461 g/mol. The number of amides is 2. The van der Waals surface area contributed by atoms with Gasteiger partial charge in [0.25, 0.3) is 15.9 Å². The van der Waals surface area contributed by atoms with Crippen molar-refractivity contribution in [2.24, 2.45) is 5.73 Å². The van der Waals surface area contributed by atoms with Crippen LogP contribution in [0.5, 0.6) is 5.75 Å². The van der Waals surface area contributed by atoms with E-state index in [9.17, 15) is 22.4 Å². The summed E-state index contributed by atoms with van der Waals surface area (Å²) in [7, 11) is -2.84. The van der Waals surface area contributed by atoms with Gasteiger partial charge in [-0.2, -0.15) is 0 Å². The maximum atomic E-state index is 14.5. The molecule has 0 bridgehead atoms. The number of primary amides is 1. The van der Waals surface area contributed by atoms with Gasteiger partial charge < -0.3 is 20.5 Å². The van der Waals surface area contributed by atoms with Crippen molar-refractivity contribution < 1.29 is 31.9 Å². The molecule has 2 amide bonds. The Hall–Kier alpha value is -3.86. The van der Waals surface area contributed by atoms with Crippen LogP contribution >= 0.6 is 0 Å². The number of hydrogen-bond acceptors (Lipinski definition) is 6. The summed E-state index contributed by atoms with van der Waals surface area (Å²) >= 11 is 0. The first kappa shape index (κ1) is 22.8. The molecule has 2 aromatic carbocycles. The molecule has 0 saturated heterocycles. The van der Waals surface area contributed by atoms with Crippen molar-refractivity contribution in [3.8, 4) is 17.0 Å². The topological polar surface area (TPSA) is 130 Å². The van der Waals surface area contributed by atoms with E-state index in [1.54, 1.807) is 6.07 Å². The third-order valence-corrected chi connectivity index (χ3v) is 5.98. The quantitative estimate of drug-likeness (QED) is 0.529. The van der Waals surface area contributed by atoms with Crippen molar-refractivity contribution in [1.82, 2.24) is 9.29 Å². The Labute approximate surface area is 183 Å². The third-order valence-electron chi connectivity index (χ3n) is 4.31. The molecule has 0 spiro atoms. The molecule has 0 fully saturated rings. The zero-order valence-corrected chi connectivity index (χ0v) is 17.8. The van der Waals surface area contributed by atoms with Crippen LogP contribution in [0.2, 0.25) is 0 Å². The van der Waals surface area contributed by atoms with Gasteiger partial charge in [0.2, 0.25) is 0 Å². The van der Waals surface area contributed by atoms with Crippen molar-refractivity contribution in [3.05, 3.63) is 72.2 Å². The molecule has 3 rings (SSSR count). The van der Waals surface area contributed by atoms with Crippen LogP contribution in [0.4, 0.5) is 9.18 Å². The molecule has 3 N–H and O–H groups in total. The van der Waals surface area contributed by atoms with Crippen LogP contribution < -0.4 is 15.8 Å². The van der Waals surface area contributed by atoms with Crippen molar-refractivity contribution in [2.75, 3.05) is 13.7 Å². The molecule has 0 aliphatic heterocycles. The summed E-state index contributed by atoms with van der Waals surface area (Å²) in [5.41, 5.74) is 5.47. The molecule has 1 aromatic heterocycles. The highest BCUT2D eigenvalue weighted by Crippen LogP contribution is 2.30.